The summed E-state index contributed by atoms with van der Waals surface area (Å²) in [5.41, 5.74) is 12.0. The van der Waals surface area contributed by atoms with Crippen molar-refractivity contribution in [2.75, 3.05) is 0 Å². The molecule has 2 unspecified atom stereocenters. The Morgan fingerprint density at radius 2 is 0.951 bits per heavy atom. The van der Waals surface area contributed by atoms with Crippen LogP contribution in [0, 0.1) is 0 Å². The molecular formula is C40H30O. The first-order valence-corrected chi connectivity index (χ1v) is 14.4. The molecular weight excluding hydrogens is 496 g/mol. The predicted molar refractivity (Wildman–Crippen MR) is 168 cm³/mol. The zero-order valence-corrected chi connectivity index (χ0v) is 23.3. The van der Waals surface area contributed by atoms with E-state index in [1.165, 1.54) is 50.1 Å². The highest BCUT2D eigenvalue weighted by molar-refractivity contribution is 5.87. The zero-order valence-electron chi connectivity index (χ0n) is 23.3. The molecule has 6 aromatic rings. The van der Waals surface area contributed by atoms with Gasteiger partial charge in [0.25, 0.3) is 0 Å². The molecule has 1 aliphatic heterocycles. The van der Waals surface area contributed by atoms with Crippen LogP contribution in [0.15, 0.2) is 146 Å². The van der Waals surface area contributed by atoms with Gasteiger partial charge in [0, 0.05) is 27.5 Å². The predicted octanol–water partition coefficient (Wildman–Crippen LogP) is 10.1. The van der Waals surface area contributed by atoms with Crippen molar-refractivity contribution in [2.24, 2.45) is 0 Å². The molecule has 0 bridgehead atoms. The molecule has 8 rings (SSSR count). The van der Waals surface area contributed by atoms with Crippen LogP contribution in [-0.4, -0.2) is 0 Å². The van der Waals surface area contributed by atoms with Crippen LogP contribution in [-0.2, 0) is 10.8 Å². The maximum Gasteiger partial charge on any atom is 0.139 e. The standard InChI is InChI=1S/C40H30O/c1-39(28-14-5-3-6-15-28)33-20-10-9-18-31(33)32-25-24-27(26-36(32)39)30-19-13-22-35-38(30)41-37-23-12-11-21-34(37)40(35,2)29-16-7-4-8-17-29/h3-26H,1-2H3. The smallest absolute Gasteiger partial charge is 0.139 e. The molecule has 0 amide bonds. The van der Waals surface area contributed by atoms with Crippen molar-refractivity contribution in [2.45, 2.75) is 24.7 Å². The van der Waals surface area contributed by atoms with Crippen LogP contribution in [0.2, 0.25) is 0 Å². The van der Waals surface area contributed by atoms with Gasteiger partial charge >= 0.3 is 0 Å². The van der Waals surface area contributed by atoms with E-state index in [-0.39, 0.29) is 10.8 Å². The lowest BCUT2D eigenvalue weighted by molar-refractivity contribution is 0.429. The molecule has 1 aliphatic carbocycles. The maximum absolute atomic E-state index is 6.80. The summed E-state index contributed by atoms with van der Waals surface area (Å²) in [5.74, 6) is 1.86. The number of ether oxygens (including phenoxy) is 1. The van der Waals surface area contributed by atoms with Crippen molar-refractivity contribution in [3.63, 3.8) is 0 Å². The molecule has 1 heterocycles. The Balaban J connectivity index is 1.36. The lowest BCUT2D eigenvalue weighted by Crippen LogP contribution is -2.29. The van der Waals surface area contributed by atoms with E-state index in [0.717, 1.165) is 17.1 Å². The molecule has 1 heteroatoms. The molecule has 0 aromatic heterocycles. The summed E-state index contributed by atoms with van der Waals surface area (Å²) in [6.45, 7) is 4.70. The third kappa shape index (κ3) is 3.30. The molecule has 196 valence electrons. The van der Waals surface area contributed by atoms with Crippen LogP contribution in [0.3, 0.4) is 0 Å². The normalized spacial score (nSPS) is 19.9. The molecule has 1 nitrogen and oxygen atoms in total. The monoisotopic (exact) mass is 526 g/mol. The van der Waals surface area contributed by atoms with Gasteiger partial charge in [-0.05, 0) is 64.9 Å². The Labute approximate surface area is 241 Å². The van der Waals surface area contributed by atoms with Gasteiger partial charge < -0.3 is 4.74 Å². The van der Waals surface area contributed by atoms with Gasteiger partial charge in [-0.1, -0.05) is 133 Å². The number of hydrogen-bond acceptors (Lipinski definition) is 1. The summed E-state index contributed by atoms with van der Waals surface area (Å²) in [6, 6.07) is 52.7. The largest absolute Gasteiger partial charge is 0.456 e. The molecule has 0 fully saturated rings. The number of hydrogen-bond donors (Lipinski definition) is 0. The SMILES string of the molecule is CC1(c2ccccc2)c2ccccc2-c2ccc(-c3cccc4c3Oc3ccccc3C4(C)c3ccccc3)cc21. The Kier molecular flexibility index (Phi) is 5.15. The third-order valence-corrected chi connectivity index (χ3v) is 9.52. The average molecular weight is 527 g/mol. The zero-order chi connectivity index (χ0) is 27.6. The first kappa shape index (κ1) is 24.0. The van der Waals surface area contributed by atoms with Crippen molar-refractivity contribution >= 4 is 0 Å². The van der Waals surface area contributed by atoms with E-state index in [1.54, 1.807) is 0 Å². The topological polar surface area (TPSA) is 9.23 Å². The van der Waals surface area contributed by atoms with Gasteiger partial charge in [-0.3, -0.25) is 0 Å². The number of fused-ring (bicyclic) bond motifs is 5. The van der Waals surface area contributed by atoms with Crippen molar-refractivity contribution in [1.29, 1.82) is 0 Å². The maximum atomic E-state index is 6.80. The highest BCUT2D eigenvalue weighted by atomic mass is 16.5. The van der Waals surface area contributed by atoms with Crippen molar-refractivity contribution in [3.8, 4) is 33.8 Å². The van der Waals surface area contributed by atoms with Crippen LogP contribution in [0.5, 0.6) is 11.5 Å². The van der Waals surface area contributed by atoms with Crippen LogP contribution < -0.4 is 4.74 Å². The van der Waals surface area contributed by atoms with Gasteiger partial charge in [0.05, 0.1) is 0 Å². The fourth-order valence-corrected chi connectivity index (χ4v) is 7.32. The lowest BCUT2D eigenvalue weighted by Gasteiger charge is -2.39. The second-order valence-corrected chi connectivity index (χ2v) is 11.6. The minimum Gasteiger partial charge on any atom is -0.456 e. The molecule has 0 N–H and O–H groups in total. The summed E-state index contributed by atoms with van der Waals surface area (Å²) < 4.78 is 6.80. The first-order chi connectivity index (χ1) is 20.1. The van der Waals surface area contributed by atoms with E-state index in [4.69, 9.17) is 4.74 Å². The summed E-state index contributed by atoms with van der Waals surface area (Å²) in [4.78, 5) is 0. The van der Waals surface area contributed by atoms with E-state index in [2.05, 4.69) is 159 Å². The molecule has 0 saturated heterocycles. The van der Waals surface area contributed by atoms with Gasteiger partial charge in [-0.25, -0.2) is 0 Å². The van der Waals surface area contributed by atoms with Gasteiger partial charge in [0.2, 0.25) is 0 Å². The molecule has 0 spiro atoms. The van der Waals surface area contributed by atoms with E-state index in [1.807, 2.05) is 0 Å². The summed E-state index contributed by atoms with van der Waals surface area (Å²) in [6.07, 6.45) is 0. The van der Waals surface area contributed by atoms with Crippen LogP contribution >= 0.6 is 0 Å². The molecule has 2 atom stereocenters. The fourth-order valence-electron chi connectivity index (χ4n) is 7.32. The molecule has 0 saturated carbocycles. The van der Waals surface area contributed by atoms with Gasteiger partial charge in [-0.15, -0.1) is 0 Å². The second kappa shape index (κ2) is 8.81. The summed E-state index contributed by atoms with van der Waals surface area (Å²) >= 11 is 0. The quantitative estimate of drug-likeness (QED) is 0.223. The molecule has 6 aromatic carbocycles. The van der Waals surface area contributed by atoms with Crippen LogP contribution in [0.4, 0.5) is 0 Å². The second-order valence-electron chi connectivity index (χ2n) is 11.6. The Morgan fingerprint density at radius 3 is 1.68 bits per heavy atom. The Bertz CT molecular complexity index is 1940. The summed E-state index contributed by atoms with van der Waals surface area (Å²) in [7, 11) is 0. The Morgan fingerprint density at radius 1 is 0.415 bits per heavy atom. The number of para-hydroxylation sites is 2. The highest BCUT2D eigenvalue weighted by Crippen LogP contribution is 2.56. The van der Waals surface area contributed by atoms with E-state index in [0.29, 0.717) is 0 Å². The highest BCUT2D eigenvalue weighted by Gasteiger charge is 2.42. The lowest BCUT2D eigenvalue weighted by atomic mass is 9.68. The molecule has 41 heavy (non-hydrogen) atoms. The van der Waals surface area contributed by atoms with Crippen molar-refractivity contribution in [3.05, 3.63) is 179 Å². The average Bonchev–Trinajstić information content (AvgIpc) is 3.30. The minimum atomic E-state index is -0.340. The minimum absolute atomic E-state index is 0.246. The first-order valence-electron chi connectivity index (χ1n) is 14.4. The third-order valence-electron chi connectivity index (χ3n) is 9.52. The fraction of sp³-hybridized carbons (Fsp3) is 0.100. The van der Waals surface area contributed by atoms with E-state index < -0.39 is 0 Å². The Hall–Kier alpha value is -4.88. The molecule has 0 radical (unpaired) electrons. The number of benzene rings is 6. The summed E-state index contributed by atoms with van der Waals surface area (Å²) in [5, 5.41) is 0. The van der Waals surface area contributed by atoms with Gasteiger partial charge in [0.1, 0.15) is 11.5 Å². The van der Waals surface area contributed by atoms with Crippen LogP contribution in [0.1, 0.15) is 47.2 Å². The van der Waals surface area contributed by atoms with E-state index >= 15 is 0 Å². The van der Waals surface area contributed by atoms with Crippen molar-refractivity contribution in [1.82, 2.24) is 0 Å². The van der Waals surface area contributed by atoms with Gasteiger partial charge in [-0.2, -0.15) is 0 Å². The van der Waals surface area contributed by atoms with E-state index in [9.17, 15) is 0 Å². The van der Waals surface area contributed by atoms with Crippen molar-refractivity contribution < 1.29 is 4.74 Å². The van der Waals surface area contributed by atoms with Crippen LogP contribution in [0.25, 0.3) is 22.3 Å². The van der Waals surface area contributed by atoms with Gasteiger partial charge in [0.15, 0.2) is 0 Å². The number of rotatable bonds is 3. The molecule has 2 aliphatic rings.